The van der Waals surface area contributed by atoms with Crippen LogP contribution in [-0.4, -0.2) is 31.1 Å². The normalized spacial score (nSPS) is 12.3. The largest absolute Gasteiger partial charge is 0.414 e. The van der Waals surface area contributed by atoms with Crippen LogP contribution in [0.25, 0.3) is 11.3 Å². The minimum absolute atomic E-state index is 0.0563. The predicted molar refractivity (Wildman–Crippen MR) is 106 cm³/mol. The van der Waals surface area contributed by atoms with Gasteiger partial charge in [-0.15, -0.1) is 0 Å². The van der Waals surface area contributed by atoms with Gasteiger partial charge in [0.2, 0.25) is 0 Å². The van der Waals surface area contributed by atoms with Gasteiger partial charge in [-0.1, -0.05) is 51.1 Å². The molecule has 0 atom stereocenters. The van der Waals surface area contributed by atoms with Crippen molar-refractivity contribution in [1.29, 1.82) is 0 Å². The van der Waals surface area contributed by atoms with Crippen molar-refractivity contribution in [3.63, 3.8) is 0 Å². The van der Waals surface area contributed by atoms with E-state index in [4.69, 9.17) is 9.16 Å². The van der Waals surface area contributed by atoms with Gasteiger partial charge in [0, 0.05) is 6.07 Å². The van der Waals surface area contributed by atoms with E-state index in [9.17, 15) is 9.59 Å². The molecule has 1 N–H and O–H groups in total. The Morgan fingerprint density at radius 1 is 1.08 bits per heavy atom. The molecule has 0 saturated heterocycles. The van der Waals surface area contributed by atoms with E-state index in [1.807, 2.05) is 30.3 Å². The van der Waals surface area contributed by atoms with Crippen LogP contribution in [0.3, 0.4) is 0 Å². The average molecular weight is 377 g/mol. The SMILES string of the molecule is CC(C)(C)[Si](C)(C)OCCOCn1c(-c2ccccc2)cc(=O)[nH]c1=O. The molecule has 0 saturated carbocycles. The van der Waals surface area contributed by atoms with Crippen LogP contribution in [0, 0.1) is 0 Å². The van der Waals surface area contributed by atoms with Gasteiger partial charge in [0.15, 0.2) is 8.32 Å². The topological polar surface area (TPSA) is 73.3 Å². The quantitative estimate of drug-likeness (QED) is 0.595. The first kappa shape index (κ1) is 20.4. The lowest BCUT2D eigenvalue weighted by Crippen LogP contribution is -2.41. The summed E-state index contributed by atoms with van der Waals surface area (Å²) in [5.74, 6) is 0. The molecule has 7 heteroatoms. The Labute approximate surface area is 154 Å². The van der Waals surface area contributed by atoms with Crippen molar-refractivity contribution >= 4 is 8.32 Å². The van der Waals surface area contributed by atoms with E-state index < -0.39 is 19.6 Å². The van der Waals surface area contributed by atoms with Gasteiger partial charge in [0.1, 0.15) is 6.73 Å². The molecule has 0 bridgehead atoms. The van der Waals surface area contributed by atoms with Crippen LogP contribution >= 0.6 is 0 Å². The zero-order chi connectivity index (χ0) is 19.4. The van der Waals surface area contributed by atoms with Crippen LogP contribution in [0.2, 0.25) is 18.1 Å². The number of nitrogens with one attached hydrogen (secondary N) is 1. The molecule has 142 valence electrons. The van der Waals surface area contributed by atoms with Gasteiger partial charge >= 0.3 is 5.69 Å². The van der Waals surface area contributed by atoms with E-state index in [-0.39, 0.29) is 11.8 Å². The molecule has 26 heavy (non-hydrogen) atoms. The van der Waals surface area contributed by atoms with Crippen molar-refractivity contribution in [3.05, 3.63) is 57.2 Å². The lowest BCUT2D eigenvalue weighted by atomic mass is 10.1. The zero-order valence-electron chi connectivity index (χ0n) is 16.2. The van der Waals surface area contributed by atoms with Crippen molar-refractivity contribution in [2.75, 3.05) is 13.2 Å². The lowest BCUT2D eigenvalue weighted by molar-refractivity contribution is 0.0491. The van der Waals surface area contributed by atoms with E-state index in [1.165, 1.54) is 10.6 Å². The summed E-state index contributed by atoms with van der Waals surface area (Å²) in [5, 5.41) is 0.142. The Bertz CT molecular complexity index is 835. The molecule has 2 aromatic rings. The monoisotopic (exact) mass is 376 g/mol. The van der Waals surface area contributed by atoms with Crippen molar-refractivity contribution in [3.8, 4) is 11.3 Å². The highest BCUT2D eigenvalue weighted by molar-refractivity contribution is 6.74. The Hall–Kier alpha value is -1.96. The Balaban J connectivity index is 2.05. The van der Waals surface area contributed by atoms with Crippen molar-refractivity contribution in [2.45, 2.75) is 45.6 Å². The van der Waals surface area contributed by atoms with E-state index in [0.717, 1.165) is 5.56 Å². The first-order valence-electron chi connectivity index (χ1n) is 8.73. The summed E-state index contributed by atoms with van der Waals surface area (Å²) in [6.07, 6.45) is 0. The highest BCUT2D eigenvalue weighted by Crippen LogP contribution is 2.36. The summed E-state index contributed by atoms with van der Waals surface area (Å²) in [5.41, 5.74) is 0.412. The fraction of sp³-hybridized carbons (Fsp3) is 0.474. The molecule has 0 aliphatic carbocycles. The summed E-state index contributed by atoms with van der Waals surface area (Å²) in [6.45, 7) is 11.9. The first-order chi connectivity index (χ1) is 12.1. The van der Waals surface area contributed by atoms with Crippen LogP contribution in [0.15, 0.2) is 46.0 Å². The third kappa shape index (κ3) is 5.03. The van der Waals surface area contributed by atoms with E-state index in [2.05, 4.69) is 38.8 Å². The van der Waals surface area contributed by atoms with Gasteiger partial charge in [-0.25, -0.2) is 4.79 Å². The Morgan fingerprint density at radius 2 is 1.73 bits per heavy atom. The number of hydrogen-bond acceptors (Lipinski definition) is 4. The number of benzene rings is 1. The van der Waals surface area contributed by atoms with Crippen LogP contribution in [0.1, 0.15) is 20.8 Å². The fourth-order valence-electron chi connectivity index (χ4n) is 2.22. The molecule has 6 nitrogen and oxygen atoms in total. The summed E-state index contributed by atoms with van der Waals surface area (Å²) in [6, 6.07) is 10.7. The molecule has 0 fully saturated rings. The average Bonchev–Trinajstić information content (AvgIpc) is 2.55. The highest BCUT2D eigenvalue weighted by Gasteiger charge is 2.36. The summed E-state index contributed by atoms with van der Waals surface area (Å²) >= 11 is 0. The van der Waals surface area contributed by atoms with Gasteiger partial charge < -0.3 is 9.16 Å². The molecular weight excluding hydrogens is 348 g/mol. The second kappa shape index (κ2) is 8.16. The molecule has 0 aliphatic rings. The molecule has 1 aromatic heterocycles. The smallest absolute Gasteiger partial charge is 0.330 e. The molecule has 2 rings (SSSR count). The maximum atomic E-state index is 12.2. The maximum absolute atomic E-state index is 12.2. The summed E-state index contributed by atoms with van der Waals surface area (Å²) < 4.78 is 13.1. The predicted octanol–water partition coefficient (Wildman–Crippen LogP) is 3.20. The van der Waals surface area contributed by atoms with Crippen LogP contribution < -0.4 is 11.2 Å². The Morgan fingerprint density at radius 3 is 2.35 bits per heavy atom. The number of nitrogens with zero attached hydrogens (tertiary/aromatic N) is 1. The van der Waals surface area contributed by atoms with Gasteiger partial charge in [-0.2, -0.15) is 0 Å². The lowest BCUT2D eigenvalue weighted by Gasteiger charge is -2.36. The zero-order valence-corrected chi connectivity index (χ0v) is 17.2. The maximum Gasteiger partial charge on any atom is 0.330 e. The minimum atomic E-state index is -1.81. The number of aromatic nitrogens is 2. The van der Waals surface area contributed by atoms with Crippen LogP contribution in [-0.2, 0) is 15.9 Å². The highest BCUT2D eigenvalue weighted by atomic mass is 28.4. The van der Waals surface area contributed by atoms with Crippen molar-refractivity contribution in [1.82, 2.24) is 9.55 Å². The number of rotatable bonds is 7. The van der Waals surface area contributed by atoms with Gasteiger partial charge in [-0.3, -0.25) is 14.3 Å². The third-order valence-electron chi connectivity index (χ3n) is 4.82. The standard InChI is InChI=1S/C19H28N2O4Si/c1-19(2,3)26(4,5)25-12-11-24-14-21-16(13-17(22)20-18(21)23)15-9-7-6-8-10-15/h6-10,13H,11-12,14H2,1-5H3,(H,20,22,23). The molecule has 0 radical (unpaired) electrons. The summed E-state index contributed by atoms with van der Waals surface area (Å²) in [7, 11) is -1.81. The molecule has 0 spiro atoms. The van der Waals surface area contributed by atoms with Crippen LogP contribution in [0.4, 0.5) is 0 Å². The van der Waals surface area contributed by atoms with Gasteiger partial charge in [0.25, 0.3) is 5.56 Å². The minimum Gasteiger partial charge on any atom is -0.414 e. The van der Waals surface area contributed by atoms with Crippen LogP contribution in [0.5, 0.6) is 0 Å². The second-order valence-corrected chi connectivity index (χ2v) is 12.6. The molecule has 0 unspecified atom stereocenters. The van der Waals surface area contributed by atoms with Crippen molar-refractivity contribution < 1.29 is 9.16 Å². The number of H-pyrrole nitrogens is 1. The third-order valence-corrected chi connectivity index (χ3v) is 9.36. The molecule has 1 heterocycles. The fourth-order valence-corrected chi connectivity index (χ4v) is 3.25. The molecule has 1 aromatic carbocycles. The molecule has 0 amide bonds. The first-order valence-corrected chi connectivity index (χ1v) is 11.6. The number of hydrogen-bond donors (Lipinski definition) is 1. The number of aromatic amines is 1. The summed E-state index contributed by atoms with van der Waals surface area (Å²) in [4.78, 5) is 26.2. The molecular formula is C19H28N2O4Si. The second-order valence-electron chi connectivity index (χ2n) is 7.76. The van der Waals surface area contributed by atoms with Crippen molar-refractivity contribution in [2.24, 2.45) is 0 Å². The number of ether oxygens (including phenoxy) is 1. The van der Waals surface area contributed by atoms with E-state index in [1.54, 1.807) is 0 Å². The van der Waals surface area contributed by atoms with E-state index in [0.29, 0.717) is 18.9 Å². The van der Waals surface area contributed by atoms with Gasteiger partial charge in [0.05, 0.1) is 18.9 Å². The van der Waals surface area contributed by atoms with Gasteiger partial charge in [-0.05, 0) is 23.7 Å². The molecule has 0 aliphatic heterocycles. The van der Waals surface area contributed by atoms with E-state index >= 15 is 0 Å². The Kier molecular flexibility index (Phi) is 6.38.